The average molecular weight is 304 g/mol. The fourth-order valence-corrected chi connectivity index (χ4v) is 2.35. The van der Waals surface area contributed by atoms with Gasteiger partial charge < -0.3 is 19.7 Å². The monoisotopic (exact) mass is 304 g/mol. The van der Waals surface area contributed by atoms with Gasteiger partial charge in [0.1, 0.15) is 0 Å². The van der Waals surface area contributed by atoms with Crippen LogP contribution in [0.2, 0.25) is 0 Å². The van der Waals surface area contributed by atoms with Gasteiger partial charge in [-0.2, -0.15) is 0 Å². The van der Waals surface area contributed by atoms with Gasteiger partial charge in [-0.15, -0.1) is 0 Å². The Morgan fingerprint density at radius 1 is 1.18 bits per heavy atom. The van der Waals surface area contributed by atoms with Gasteiger partial charge in [-0.05, 0) is 37.1 Å². The van der Waals surface area contributed by atoms with E-state index in [4.69, 9.17) is 9.47 Å². The zero-order valence-corrected chi connectivity index (χ0v) is 12.4. The van der Waals surface area contributed by atoms with Gasteiger partial charge in [0, 0.05) is 24.5 Å². The molecule has 2 fully saturated rings. The second-order valence-electron chi connectivity index (χ2n) is 5.58. The highest BCUT2D eigenvalue weighted by molar-refractivity contribution is 5.93. The lowest BCUT2D eigenvalue weighted by molar-refractivity contribution is -0.148. The third-order valence-electron chi connectivity index (χ3n) is 3.78. The number of anilines is 2. The standard InChI is InChI=1S/C16H20N2O4/c19-15(11-22-16(20)12-1-2-12)17-13-3-5-14(6-4-13)18-7-9-21-10-8-18/h3-6,12H,1-2,7-11H2,(H,17,19). The maximum Gasteiger partial charge on any atom is 0.309 e. The summed E-state index contributed by atoms with van der Waals surface area (Å²) in [6.45, 7) is 3.02. The zero-order valence-electron chi connectivity index (χ0n) is 12.4. The van der Waals surface area contributed by atoms with Crippen LogP contribution in [0.15, 0.2) is 24.3 Å². The number of hydrogen-bond acceptors (Lipinski definition) is 5. The second kappa shape index (κ2) is 6.79. The van der Waals surface area contributed by atoms with Gasteiger partial charge in [0.15, 0.2) is 6.61 Å². The summed E-state index contributed by atoms with van der Waals surface area (Å²) < 4.78 is 10.3. The third kappa shape index (κ3) is 3.98. The first-order valence-electron chi connectivity index (χ1n) is 7.61. The summed E-state index contributed by atoms with van der Waals surface area (Å²) in [4.78, 5) is 25.3. The third-order valence-corrected chi connectivity index (χ3v) is 3.78. The summed E-state index contributed by atoms with van der Waals surface area (Å²) >= 11 is 0. The molecule has 1 aromatic carbocycles. The van der Waals surface area contributed by atoms with Crippen LogP contribution in [0.1, 0.15) is 12.8 Å². The molecule has 6 heteroatoms. The van der Waals surface area contributed by atoms with Crippen molar-refractivity contribution in [2.75, 3.05) is 43.1 Å². The minimum atomic E-state index is -0.312. The maximum absolute atomic E-state index is 11.7. The number of morpholine rings is 1. The Kier molecular flexibility index (Phi) is 4.58. The van der Waals surface area contributed by atoms with Crippen molar-refractivity contribution in [1.82, 2.24) is 0 Å². The van der Waals surface area contributed by atoms with Crippen LogP contribution in [0.3, 0.4) is 0 Å². The van der Waals surface area contributed by atoms with E-state index >= 15 is 0 Å². The normalized spacial score (nSPS) is 17.9. The van der Waals surface area contributed by atoms with E-state index in [9.17, 15) is 9.59 Å². The first-order chi connectivity index (χ1) is 10.7. The fraction of sp³-hybridized carbons (Fsp3) is 0.500. The number of esters is 1. The van der Waals surface area contributed by atoms with Crippen molar-refractivity contribution in [1.29, 1.82) is 0 Å². The Bertz CT molecular complexity index is 534. The van der Waals surface area contributed by atoms with Crippen LogP contribution in [-0.4, -0.2) is 44.8 Å². The summed E-state index contributed by atoms with van der Waals surface area (Å²) in [6.07, 6.45) is 1.76. The molecule has 0 aromatic heterocycles. The first-order valence-corrected chi connectivity index (χ1v) is 7.61. The van der Waals surface area contributed by atoms with Gasteiger partial charge in [0.25, 0.3) is 5.91 Å². The molecular formula is C16H20N2O4. The molecule has 1 amide bonds. The van der Waals surface area contributed by atoms with Gasteiger partial charge in [0.05, 0.1) is 19.1 Å². The van der Waals surface area contributed by atoms with E-state index in [0.717, 1.165) is 44.8 Å². The molecule has 0 atom stereocenters. The highest BCUT2D eigenvalue weighted by Crippen LogP contribution is 2.30. The minimum absolute atomic E-state index is 0.0144. The lowest BCUT2D eigenvalue weighted by Gasteiger charge is -2.28. The molecule has 0 bridgehead atoms. The van der Waals surface area contributed by atoms with Crippen LogP contribution in [-0.2, 0) is 19.1 Å². The number of ether oxygens (including phenoxy) is 2. The Morgan fingerprint density at radius 3 is 2.50 bits per heavy atom. The number of carbonyl (C=O) groups is 2. The number of hydrogen-bond donors (Lipinski definition) is 1. The van der Waals surface area contributed by atoms with Crippen LogP contribution >= 0.6 is 0 Å². The second-order valence-corrected chi connectivity index (χ2v) is 5.58. The number of nitrogens with one attached hydrogen (secondary N) is 1. The topological polar surface area (TPSA) is 67.9 Å². The van der Waals surface area contributed by atoms with Crippen molar-refractivity contribution in [3.63, 3.8) is 0 Å². The molecule has 22 heavy (non-hydrogen) atoms. The lowest BCUT2D eigenvalue weighted by Crippen LogP contribution is -2.36. The molecule has 6 nitrogen and oxygen atoms in total. The maximum atomic E-state index is 11.7. The van der Waals surface area contributed by atoms with Crippen molar-refractivity contribution in [2.45, 2.75) is 12.8 Å². The van der Waals surface area contributed by atoms with Gasteiger partial charge in [0.2, 0.25) is 0 Å². The first kappa shape index (κ1) is 14.8. The number of nitrogens with zero attached hydrogens (tertiary/aromatic N) is 1. The highest BCUT2D eigenvalue weighted by Gasteiger charge is 2.31. The van der Waals surface area contributed by atoms with Crippen molar-refractivity contribution in [2.24, 2.45) is 5.92 Å². The van der Waals surface area contributed by atoms with Crippen LogP contribution < -0.4 is 10.2 Å². The van der Waals surface area contributed by atoms with Crippen LogP contribution in [0.5, 0.6) is 0 Å². The SMILES string of the molecule is O=C(COC(=O)C1CC1)Nc1ccc(N2CCOCC2)cc1. The smallest absolute Gasteiger partial charge is 0.309 e. The van der Waals surface area contributed by atoms with E-state index in [1.165, 1.54) is 0 Å². The predicted molar refractivity (Wildman–Crippen MR) is 81.8 cm³/mol. The Labute approximate surface area is 129 Å². The van der Waals surface area contributed by atoms with Crippen LogP contribution in [0, 0.1) is 5.92 Å². The van der Waals surface area contributed by atoms with E-state index in [1.807, 2.05) is 24.3 Å². The minimum Gasteiger partial charge on any atom is -0.455 e. The van der Waals surface area contributed by atoms with Gasteiger partial charge in [-0.25, -0.2) is 0 Å². The molecule has 1 saturated carbocycles. The van der Waals surface area contributed by atoms with E-state index in [-0.39, 0.29) is 24.4 Å². The Balaban J connectivity index is 1.47. The summed E-state index contributed by atoms with van der Waals surface area (Å²) in [5.41, 5.74) is 1.81. The number of benzene rings is 1. The van der Waals surface area contributed by atoms with E-state index < -0.39 is 0 Å². The molecule has 0 radical (unpaired) electrons. The predicted octanol–water partition coefficient (Wildman–Crippen LogP) is 1.41. The Hall–Kier alpha value is -2.08. The van der Waals surface area contributed by atoms with E-state index in [2.05, 4.69) is 10.2 Å². The summed E-state index contributed by atoms with van der Waals surface area (Å²) in [5.74, 6) is -0.563. The quantitative estimate of drug-likeness (QED) is 0.833. The summed E-state index contributed by atoms with van der Waals surface area (Å²) in [6, 6.07) is 7.64. The molecule has 1 aliphatic heterocycles. The van der Waals surface area contributed by atoms with Gasteiger partial charge >= 0.3 is 5.97 Å². The summed E-state index contributed by atoms with van der Waals surface area (Å²) in [7, 11) is 0. The largest absolute Gasteiger partial charge is 0.455 e. The van der Waals surface area contributed by atoms with Crippen LogP contribution in [0.4, 0.5) is 11.4 Å². The molecule has 118 valence electrons. The van der Waals surface area contributed by atoms with E-state index in [0.29, 0.717) is 5.69 Å². The molecule has 1 aromatic rings. The van der Waals surface area contributed by atoms with Gasteiger partial charge in [-0.3, -0.25) is 9.59 Å². The molecule has 3 rings (SSSR count). The van der Waals surface area contributed by atoms with E-state index in [1.54, 1.807) is 0 Å². The van der Waals surface area contributed by atoms with Crippen molar-refractivity contribution in [3.05, 3.63) is 24.3 Å². The van der Waals surface area contributed by atoms with Crippen molar-refractivity contribution < 1.29 is 19.1 Å². The molecule has 0 unspecified atom stereocenters. The molecular weight excluding hydrogens is 284 g/mol. The van der Waals surface area contributed by atoms with Crippen molar-refractivity contribution >= 4 is 23.3 Å². The molecule has 1 heterocycles. The molecule has 1 N–H and O–H groups in total. The number of rotatable bonds is 5. The Morgan fingerprint density at radius 2 is 1.86 bits per heavy atom. The van der Waals surface area contributed by atoms with Crippen molar-refractivity contribution in [3.8, 4) is 0 Å². The average Bonchev–Trinajstić information content (AvgIpc) is 3.39. The highest BCUT2D eigenvalue weighted by atomic mass is 16.5. The zero-order chi connectivity index (χ0) is 15.4. The lowest BCUT2D eigenvalue weighted by atomic mass is 10.2. The summed E-state index contributed by atoms with van der Waals surface area (Å²) in [5, 5.41) is 2.73. The van der Waals surface area contributed by atoms with Gasteiger partial charge in [-0.1, -0.05) is 0 Å². The number of carbonyl (C=O) groups excluding carboxylic acids is 2. The molecule has 0 spiro atoms. The van der Waals surface area contributed by atoms with Crippen LogP contribution in [0.25, 0.3) is 0 Å². The molecule has 2 aliphatic rings. The fourth-order valence-electron chi connectivity index (χ4n) is 2.35. The molecule has 1 saturated heterocycles. The number of amides is 1. The molecule has 1 aliphatic carbocycles.